The number of fused-ring (bicyclic) bond motifs is 1. The molecule has 0 bridgehead atoms. The van der Waals surface area contributed by atoms with Crippen LogP contribution in [0.15, 0.2) is 65.1 Å². The van der Waals surface area contributed by atoms with Crippen molar-refractivity contribution in [1.29, 1.82) is 0 Å². The number of aromatic nitrogens is 2. The summed E-state index contributed by atoms with van der Waals surface area (Å²) in [6.07, 6.45) is 0. The fourth-order valence-corrected chi connectivity index (χ4v) is 3.84. The number of aryl methyl sites for hydroxylation is 1. The van der Waals surface area contributed by atoms with E-state index in [1.807, 2.05) is 48.5 Å². The largest absolute Gasteiger partial charge is 0.493 e. The van der Waals surface area contributed by atoms with Gasteiger partial charge in [0.05, 0.1) is 24.7 Å². The summed E-state index contributed by atoms with van der Waals surface area (Å²) in [4.78, 5) is 7.97. The molecule has 0 atom stereocenters. The standard InChI is InChI=1S/C24H24BrN3O2/c1-16-7-3-4-8-17(16)15-30-24-18(19(25)11-12-22(24)29-2)13-26-14-23-27-20-9-5-6-10-21(20)28-23/h3-12,26H,13-15H2,1-2H3,(H,27,28). The van der Waals surface area contributed by atoms with E-state index in [4.69, 9.17) is 9.47 Å². The number of para-hydroxylation sites is 2. The van der Waals surface area contributed by atoms with Gasteiger partial charge in [-0.2, -0.15) is 0 Å². The smallest absolute Gasteiger partial charge is 0.167 e. The van der Waals surface area contributed by atoms with E-state index in [2.05, 4.69) is 50.3 Å². The summed E-state index contributed by atoms with van der Waals surface area (Å²) < 4.78 is 12.8. The van der Waals surface area contributed by atoms with Gasteiger partial charge in [-0.25, -0.2) is 4.98 Å². The molecular formula is C24H24BrN3O2. The molecule has 0 saturated heterocycles. The Morgan fingerprint density at radius 3 is 2.60 bits per heavy atom. The fraction of sp³-hybridized carbons (Fsp3) is 0.208. The van der Waals surface area contributed by atoms with Gasteiger partial charge in [0.1, 0.15) is 12.4 Å². The van der Waals surface area contributed by atoms with E-state index >= 15 is 0 Å². The van der Waals surface area contributed by atoms with E-state index in [1.165, 1.54) is 5.56 Å². The molecule has 0 amide bonds. The van der Waals surface area contributed by atoms with Gasteiger partial charge in [0.2, 0.25) is 0 Å². The van der Waals surface area contributed by atoms with Crippen LogP contribution in [0.5, 0.6) is 11.5 Å². The highest BCUT2D eigenvalue weighted by atomic mass is 79.9. The van der Waals surface area contributed by atoms with E-state index in [0.717, 1.165) is 38.2 Å². The molecule has 0 saturated carbocycles. The van der Waals surface area contributed by atoms with Crippen molar-refractivity contribution in [2.45, 2.75) is 26.6 Å². The molecule has 0 spiro atoms. The number of imidazole rings is 1. The first-order valence-corrected chi connectivity index (χ1v) is 10.6. The van der Waals surface area contributed by atoms with Gasteiger partial charge < -0.3 is 19.8 Å². The second kappa shape index (κ2) is 9.32. The average molecular weight is 466 g/mol. The molecule has 0 unspecified atom stereocenters. The Morgan fingerprint density at radius 2 is 1.80 bits per heavy atom. The van der Waals surface area contributed by atoms with Gasteiger partial charge in [-0.3, -0.25) is 0 Å². The van der Waals surface area contributed by atoms with Crippen LogP contribution in [0.4, 0.5) is 0 Å². The maximum absolute atomic E-state index is 6.24. The number of methoxy groups -OCH3 is 1. The molecule has 0 fully saturated rings. The highest BCUT2D eigenvalue weighted by Gasteiger charge is 2.15. The molecule has 0 aliphatic carbocycles. The van der Waals surface area contributed by atoms with Crippen molar-refractivity contribution in [3.8, 4) is 11.5 Å². The number of hydrogen-bond acceptors (Lipinski definition) is 4. The number of hydrogen-bond donors (Lipinski definition) is 2. The molecule has 30 heavy (non-hydrogen) atoms. The quantitative estimate of drug-likeness (QED) is 0.360. The second-order valence-corrected chi connectivity index (χ2v) is 7.93. The molecule has 0 aliphatic rings. The molecule has 5 nitrogen and oxygen atoms in total. The molecule has 3 aromatic carbocycles. The highest BCUT2D eigenvalue weighted by Crippen LogP contribution is 2.37. The summed E-state index contributed by atoms with van der Waals surface area (Å²) in [5.74, 6) is 2.36. The molecule has 2 N–H and O–H groups in total. The number of nitrogens with one attached hydrogen (secondary N) is 2. The Kier molecular flexibility index (Phi) is 6.35. The molecule has 154 valence electrons. The van der Waals surface area contributed by atoms with Crippen molar-refractivity contribution < 1.29 is 9.47 Å². The zero-order valence-electron chi connectivity index (χ0n) is 17.0. The number of nitrogens with zero attached hydrogens (tertiary/aromatic N) is 1. The van der Waals surface area contributed by atoms with Gasteiger partial charge in [-0.05, 0) is 42.3 Å². The van der Waals surface area contributed by atoms with Gasteiger partial charge in [0.15, 0.2) is 11.5 Å². The Hall–Kier alpha value is -2.83. The summed E-state index contributed by atoms with van der Waals surface area (Å²) in [7, 11) is 1.66. The monoisotopic (exact) mass is 465 g/mol. The summed E-state index contributed by atoms with van der Waals surface area (Å²) in [5, 5.41) is 3.46. The number of rotatable bonds is 8. The zero-order valence-corrected chi connectivity index (χ0v) is 18.6. The lowest BCUT2D eigenvalue weighted by molar-refractivity contribution is 0.279. The Morgan fingerprint density at radius 1 is 1.00 bits per heavy atom. The average Bonchev–Trinajstić information content (AvgIpc) is 3.17. The molecule has 1 heterocycles. The molecule has 1 aromatic heterocycles. The second-order valence-electron chi connectivity index (χ2n) is 7.08. The minimum Gasteiger partial charge on any atom is -0.493 e. The van der Waals surface area contributed by atoms with Crippen molar-refractivity contribution in [2.24, 2.45) is 0 Å². The normalized spacial score (nSPS) is 11.0. The van der Waals surface area contributed by atoms with Crippen LogP contribution in [-0.4, -0.2) is 17.1 Å². The SMILES string of the molecule is COc1ccc(Br)c(CNCc2nc3ccccc3[nH]2)c1OCc1ccccc1C. The first-order valence-electron chi connectivity index (χ1n) is 9.82. The van der Waals surface area contributed by atoms with Crippen LogP contribution in [0.1, 0.15) is 22.5 Å². The molecular weight excluding hydrogens is 442 g/mol. The van der Waals surface area contributed by atoms with Crippen LogP contribution >= 0.6 is 15.9 Å². The third kappa shape index (κ3) is 4.50. The third-order valence-corrected chi connectivity index (χ3v) is 5.80. The van der Waals surface area contributed by atoms with Crippen LogP contribution in [0, 0.1) is 6.92 Å². The predicted octanol–water partition coefficient (Wildman–Crippen LogP) is 5.51. The first-order chi connectivity index (χ1) is 14.7. The van der Waals surface area contributed by atoms with Crippen LogP contribution in [0.2, 0.25) is 0 Å². The summed E-state index contributed by atoms with van der Waals surface area (Å²) in [6, 6.07) is 20.2. The predicted molar refractivity (Wildman–Crippen MR) is 123 cm³/mol. The van der Waals surface area contributed by atoms with E-state index in [-0.39, 0.29) is 0 Å². The maximum Gasteiger partial charge on any atom is 0.167 e. The molecule has 0 aliphatic heterocycles. The van der Waals surface area contributed by atoms with Crippen molar-refractivity contribution >= 4 is 27.0 Å². The number of benzene rings is 3. The molecule has 4 aromatic rings. The van der Waals surface area contributed by atoms with Crippen molar-refractivity contribution in [3.63, 3.8) is 0 Å². The van der Waals surface area contributed by atoms with E-state index < -0.39 is 0 Å². The van der Waals surface area contributed by atoms with Gasteiger partial charge in [0, 0.05) is 16.6 Å². The van der Waals surface area contributed by atoms with Gasteiger partial charge >= 0.3 is 0 Å². The van der Waals surface area contributed by atoms with E-state index in [1.54, 1.807) is 7.11 Å². The lowest BCUT2D eigenvalue weighted by atomic mass is 10.1. The van der Waals surface area contributed by atoms with Gasteiger partial charge in [-0.1, -0.05) is 52.3 Å². The number of aromatic amines is 1. The Labute approximate surface area is 184 Å². The first kappa shape index (κ1) is 20.4. The Balaban J connectivity index is 1.50. The molecule has 0 radical (unpaired) electrons. The van der Waals surface area contributed by atoms with Gasteiger partial charge in [0.25, 0.3) is 0 Å². The highest BCUT2D eigenvalue weighted by molar-refractivity contribution is 9.10. The third-order valence-electron chi connectivity index (χ3n) is 5.05. The maximum atomic E-state index is 6.24. The van der Waals surface area contributed by atoms with Crippen LogP contribution in [-0.2, 0) is 19.7 Å². The zero-order chi connectivity index (χ0) is 20.9. The minimum absolute atomic E-state index is 0.482. The fourth-order valence-electron chi connectivity index (χ4n) is 3.38. The van der Waals surface area contributed by atoms with Crippen LogP contribution < -0.4 is 14.8 Å². The number of ether oxygens (including phenoxy) is 2. The summed E-state index contributed by atoms with van der Waals surface area (Å²) in [5.41, 5.74) is 5.38. The van der Waals surface area contributed by atoms with Crippen molar-refractivity contribution in [2.75, 3.05) is 7.11 Å². The lowest BCUT2D eigenvalue weighted by Gasteiger charge is -2.17. The minimum atomic E-state index is 0.482. The summed E-state index contributed by atoms with van der Waals surface area (Å²) >= 11 is 3.67. The van der Waals surface area contributed by atoms with E-state index in [0.29, 0.717) is 25.4 Å². The van der Waals surface area contributed by atoms with Crippen LogP contribution in [0.25, 0.3) is 11.0 Å². The van der Waals surface area contributed by atoms with E-state index in [9.17, 15) is 0 Å². The summed E-state index contributed by atoms with van der Waals surface area (Å²) in [6.45, 7) is 3.80. The molecule has 4 rings (SSSR count). The Bertz CT molecular complexity index is 1120. The van der Waals surface area contributed by atoms with Crippen molar-refractivity contribution in [1.82, 2.24) is 15.3 Å². The lowest BCUT2D eigenvalue weighted by Crippen LogP contribution is -2.15. The van der Waals surface area contributed by atoms with Gasteiger partial charge in [-0.15, -0.1) is 0 Å². The topological polar surface area (TPSA) is 59.2 Å². The number of halogens is 1. The van der Waals surface area contributed by atoms with Crippen LogP contribution in [0.3, 0.4) is 0 Å². The molecule has 6 heteroatoms. The number of H-pyrrole nitrogens is 1. The van der Waals surface area contributed by atoms with Crippen molar-refractivity contribution in [3.05, 3.63) is 87.7 Å².